The molecule has 2 aromatic rings. The van der Waals surface area contributed by atoms with Crippen molar-refractivity contribution in [2.75, 3.05) is 13.1 Å². The maximum Gasteiger partial charge on any atom is 0.252 e. The molecule has 0 spiro atoms. The number of aromatic nitrogens is 2. The Bertz CT molecular complexity index is 748. The number of rotatable bonds is 3. The van der Waals surface area contributed by atoms with Crippen molar-refractivity contribution in [2.45, 2.75) is 31.2 Å². The van der Waals surface area contributed by atoms with Crippen LogP contribution in [0.3, 0.4) is 0 Å². The number of piperidine rings is 1. The molecular formula is C18H20N4O2. The average molecular weight is 324 g/mol. The zero-order valence-electron chi connectivity index (χ0n) is 13.4. The van der Waals surface area contributed by atoms with Gasteiger partial charge in [-0.3, -0.25) is 9.59 Å². The van der Waals surface area contributed by atoms with Crippen molar-refractivity contribution in [3.8, 4) is 0 Å². The lowest BCUT2D eigenvalue weighted by atomic mass is 9.95. The van der Waals surface area contributed by atoms with Crippen molar-refractivity contribution in [3.63, 3.8) is 0 Å². The Morgan fingerprint density at radius 1 is 1.25 bits per heavy atom. The van der Waals surface area contributed by atoms with Gasteiger partial charge in [-0.2, -0.15) is 0 Å². The normalized spacial score (nSPS) is 20.8. The molecule has 1 aromatic heterocycles. The number of amides is 2. The third kappa shape index (κ3) is 2.68. The number of fused-ring (bicyclic) bond motifs is 1. The van der Waals surface area contributed by atoms with Gasteiger partial charge in [0, 0.05) is 37.0 Å². The molecule has 2 aliphatic heterocycles. The topological polar surface area (TPSA) is 78.1 Å². The zero-order chi connectivity index (χ0) is 16.5. The molecule has 0 unspecified atom stereocenters. The molecule has 6 heteroatoms. The summed E-state index contributed by atoms with van der Waals surface area (Å²) in [6, 6.07) is 7.29. The number of nitrogens with zero attached hydrogens (tertiary/aromatic N) is 2. The van der Waals surface area contributed by atoms with Gasteiger partial charge in [-0.25, -0.2) is 4.98 Å². The van der Waals surface area contributed by atoms with Crippen molar-refractivity contribution < 1.29 is 9.59 Å². The summed E-state index contributed by atoms with van der Waals surface area (Å²) >= 11 is 0. The molecule has 124 valence electrons. The third-order valence-corrected chi connectivity index (χ3v) is 5.02. The van der Waals surface area contributed by atoms with Gasteiger partial charge in [-0.15, -0.1) is 0 Å². The molecule has 2 aliphatic rings. The first-order chi connectivity index (χ1) is 11.7. The van der Waals surface area contributed by atoms with E-state index in [-0.39, 0.29) is 17.9 Å². The second-order valence-corrected chi connectivity index (χ2v) is 6.45. The smallest absolute Gasteiger partial charge is 0.252 e. The van der Waals surface area contributed by atoms with E-state index in [0.717, 1.165) is 37.3 Å². The molecule has 2 amide bonds. The number of hydrogen-bond acceptors (Lipinski definition) is 3. The van der Waals surface area contributed by atoms with Crippen LogP contribution >= 0.6 is 0 Å². The number of carbonyl (C=O) groups is 2. The molecule has 6 nitrogen and oxygen atoms in total. The lowest BCUT2D eigenvalue weighted by molar-refractivity contribution is -0.132. The fourth-order valence-electron chi connectivity index (χ4n) is 3.69. The first-order valence-corrected chi connectivity index (χ1v) is 8.39. The van der Waals surface area contributed by atoms with E-state index in [1.165, 1.54) is 0 Å². The van der Waals surface area contributed by atoms with Crippen molar-refractivity contribution in [1.82, 2.24) is 20.2 Å². The fraction of sp³-hybridized carbons (Fsp3) is 0.389. The summed E-state index contributed by atoms with van der Waals surface area (Å²) in [5.74, 6) is 1.44. The number of aromatic amines is 1. The zero-order valence-corrected chi connectivity index (χ0v) is 13.4. The van der Waals surface area contributed by atoms with Crippen LogP contribution in [0.1, 0.15) is 53.0 Å². The quantitative estimate of drug-likeness (QED) is 0.906. The molecule has 0 aliphatic carbocycles. The predicted octanol–water partition coefficient (Wildman–Crippen LogP) is 1.99. The standard InChI is InChI=1S/C18H20N4O2/c23-16(11-15-13-3-1-2-4-14(13)18(24)21-15)22-9-5-12(6-10-22)17-19-7-8-20-17/h1-4,7-8,12,15H,5-6,9-11H2,(H,19,20)(H,21,24)/t15-/m1/s1. The Labute approximate surface area is 140 Å². The fourth-order valence-corrected chi connectivity index (χ4v) is 3.69. The Morgan fingerprint density at radius 2 is 2.04 bits per heavy atom. The molecule has 0 radical (unpaired) electrons. The van der Waals surface area contributed by atoms with Gasteiger partial charge in [0.15, 0.2) is 0 Å². The van der Waals surface area contributed by atoms with Gasteiger partial charge in [0.1, 0.15) is 5.82 Å². The second kappa shape index (κ2) is 6.11. The highest BCUT2D eigenvalue weighted by atomic mass is 16.2. The SMILES string of the molecule is O=C1N[C@H](CC(=O)N2CCC(c3ncc[nH]3)CC2)c2ccccc21. The Balaban J connectivity index is 1.37. The number of benzene rings is 1. The van der Waals surface area contributed by atoms with Crippen LogP contribution in [-0.4, -0.2) is 39.8 Å². The molecule has 4 rings (SSSR count). The number of likely N-dealkylation sites (tertiary alicyclic amines) is 1. The predicted molar refractivity (Wildman–Crippen MR) is 88.4 cm³/mol. The Kier molecular flexibility index (Phi) is 3.80. The summed E-state index contributed by atoms with van der Waals surface area (Å²) in [6.07, 6.45) is 5.79. The van der Waals surface area contributed by atoms with Crippen LogP contribution in [0.15, 0.2) is 36.7 Å². The second-order valence-electron chi connectivity index (χ2n) is 6.45. The van der Waals surface area contributed by atoms with E-state index in [0.29, 0.717) is 17.9 Å². The largest absolute Gasteiger partial charge is 0.348 e. The third-order valence-electron chi connectivity index (χ3n) is 5.02. The highest BCUT2D eigenvalue weighted by Gasteiger charge is 2.32. The van der Waals surface area contributed by atoms with E-state index in [1.807, 2.05) is 35.4 Å². The van der Waals surface area contributed by atoms with Crippen molar-refractivity contribution in [1.29, 1.82) is 0 Å². The summed E-state index contributed by atoms with van der Waals surface area (Å²) in [5.41, 5.74) is 1.62. The average Bonchev–Trinajstić information content (AvgIpc) is 3.25. The minimum atomic E-state index is -0.205. The first-order valence-electron chi connectivity index (χ1n) is 8.39. The van der Waals surface area contributed by atoms with Crippen LogP contribution in [0.5, 0.6) is 0 Å². The molecule has 3 heterocycles. The van der Waals surface area contributed by atoms with E-state index >= 15 is 0 Å². The van der Waals surface area contributed by atoms with Gasteiger partial charge in [-0.05, 0) is 24.5 Å². The monoisotopic (exact) mass is 324 g/mol. The maximum atomic E-state index is 12.6. The van der Waals surface area contributed by atoms with Crippen molar-refractivity contribution in [2.24, 2.45) is 0 Å². The molecular weight excluding hydrogens is 304 g/mol. The summed E-state index contributed by atoms with van der Waals surface area (Å²) in [7, 11) is 0. The Hall–Kier alpha value is -2.63. The van der Waals surface area contributed by atoms with Crippen molar-refractivity contribution in [3.05, 3.63) is 53.6 Å². The lowest BCUT2D eigenvalue weighted by Gasteiger charge is -2.32. The van der Waals surface area contributed by atoms with Gasteiger partial charge < -0.3 is 15.2 Å². The number of nitrogens with one attached hydrogen (secondary N) is 2. The van der Waals surface area contributed by atoms with Crippen molar-refractivity contribution >= 4 is 11.8 Å². The Morgan fingerprint density at radius 3 is 2.79 bits per heavy atom. The van der Waals surface area contributed by atoms with Crippen LogP contribution in [0.2, 0.25) is 0 Å². The summed E-state index contributed by atoms with van der Waals surface area (Å²) in [4.78, 5) is 34.0. The summed E-state index contributed by atoms with van der Waals surface area (Å²) in [6.45, 7) is 1.49. The van der Waals surface area contributed by atoms with Crippen LogP contribution in [-0.2, 0) is 4.79 Å². The first kappa shape index (κ1) is 14.9. The van der Waals surface area contributed by atoms with Crippen LogP contribution in [0.25, 0.3) is 0 Å². The molecule has 0 bridgehead atoms. The van der Waals surface area contributed by atoms with Gasteiger partial charge >= 0.3 is 0 Å². The number of imidazole rings is 1. The molecule has 1 fully saturated rings. The highest BCUT2D eigenvalue weighted by Crippen LogP contribution is 2.30. The summed E-state index contributed by atoms with van der Waals surface area (Å²) < 4.78 is 0. The van der Waals surface area contributed by atoms with E-state index in [4.69, 9.17) is 0 Å². The van der Waals surface area contributed by atoms with E-state index in [2.05, 4.69) is 15.3 Å². The molecule has 24 heavy (non-hydrogen) atoms. The van der Waals surface area contributed by atoms with Crippen LogP contribution in [0.4, 0.5) is 0 Å². The summed E-state index contributed by atoms with van der Waals surface area (Å²) in [5, 5.41) is 2.92. The van der Waals surface area contributed by atoms with Gasteiger partial charge in [0.2, 0.25) is 5.91 Å². The lowest BCUT2D eigenvalue weighted by Crippen LogP contribution is -2.39. The molecule has 1 saturated heterocycles. The van der Waals surface area contributed by atoms with Gasteiger partial charge in [0.25, 0.3) is 5.91 Å². The number of H-pyrrole nitrogens is 1. The highest BCUT2D eigenvalue weighted by molar-refractivity contribution is 5.99. The molecule has 0 saturated carbocycles. The van der Waals surface area contributed by atoms with Crippen LogP contribution in [0, 0.1) is 0 Å². The number of hydrogen-bond donors (Lipinski definition) is 2. The van der Waals surface area contributed by atoms with E-state index in [1.54, 1.807) is 6.20 Å². The maximum absolute atomic E-state index is 12.6. The van der Waals surface area contributed by atoms with Crippen LogP contribution < -0.4 is 5.32 Å². The molecule has 2 N–H and O–H groups in total. The van der Waals surface area contributed by atoms with E-state index < -0.39 is 0 Å². The minimum Gasteiger partial charge on any atom is -0.348 e. The molecule has 1 atom stereocenters. The minimum absolute atomic E-state index is 0.0834. The van der Waals surface area contributed by atoms with Gasteiger partial charge in [0.05, 0.1) is 12.5 Å². The number of carbonyl (C=O) groups excluding carboxylic acids is 2. The van der Waals surface area contributed by atoms with Gasteiger partial charge in [-0.1, -0.05) is 18.2 Å². The van der Waals surface area contributed by atoms with E-state index in [9.17, 15) is 9.59 Å². The molecule has 1 aromatic carbocycles.